The summed E-state index contributed by atoms with van der Waals surface area (Å²) in [5, 5.41) is 9.53. The van der Waals surface area contributed by atoms with Crippen LogP contribution in [0.25, 0.3) is 5.57 Å². The molecule has 0 N–H and O–H groups in total. The Hall–Kier alpha value is -3.13. The molecule has 5 heteroatoms. The average molecular weight is 404 g/mol. The maximum atomic E-state index is 12.6. The van der Waals surface area contributed by atoms with Crippen molar-refractivity contribution in [1.82, 2.24) is 9.97 Å². The summed E-state index contributed by atoms with van der Waals surface area (Å²) in [6.45, 7) is 6.37. The first-order chi connectivity index (χ1) is 14.6. The molecule has 0 fully saturated rings. The molecule has 2 aromatic rings. The Labute approximate surface area is 178 Å². The van der Waals surface area contributed by atoms with Crippen molar-refractivity contribution in [1.29, 1.82) is 5.26 Å². The lowest BCUT2D eigenvalue weighted by atomic mass is 9.83. The number of Topliss-reactive ketones (excluding diaryl/α,β-unsaturated/α-hetero) is 1. The maximum Gasteiger partial charge on any atom is 0.214 e. The number of nitrogens with zero attached hydrogens (tertiary/aromatic N) is 3. The van der Waals surface area contributed by atoms with Crippen LogP contribution in [0.4, 0.5) is 0 Å². The summed E-state index contributed by atoms with van der Waals surface area (Å²) < 4.78 is 0. The van der Waals surface area contributed by atoms with Crippen molar-refractivity contribution in [2.45, 2.75) is 65.7 Å². The van der Waals surface area contributed by atoms with Crippen molar-refractivity contribution in [2.75, 3.05) is 0 Å². The van der Waals surface area contributed by atoms with Gasteiger partial charge in [0.05, 0.1) is 11.3 Å². The van der Waals surface area contributed by atoms with E-state index in [0.29, 0.717) is 28.8 Å². The first-order valence-electron chi connectivity index (χ1n) is 10.7. The van der Waals surface area contributed by atoms with Gasteiger partial charge in [-0.15, -0.1) is 0 Å². The Morgan fingerprint density at radius 3 is 2.07 bits per heavy atom. The number of hydrogen-bond donors (Lipinski definition) is 0. The largest absolute Gasteiger partial charge is 0.293 e. The van der Waals surface area contributed by atoms with Gasteiger partial charge in [0.15, 0.2) is 5.78 Å². The molecule has 0 saturated heterocycles. The minimum Gasteiger partial charge on any atom is -0.293 e. The standard InChI is InChI=1S/C18H13N3O2.C7H16/c1-2-5-14(22)13(10-19)15-11-6-3-9-21-17(11)18(23)12-7-4-8-20-16(12)15;1-3-5-7-6-4-2/h3-4,6-9H,2,5H2,1H3;3-7H2,1-2H3/b15-13+;. The van der Waals surface area contributed by atoms with E-state index in [4.69, 9.17) is 0 Å². The van der Waals surface area contributed by atoms with E-state index in [1.54, 1.807) is 30.5 Å². The van der Waals surface area contributed by atoms with Crippen molar-refractivity contribution in [3.05, 3.63) is 64.7 Å². The molecule has 0 amide bonds. The molecule has 156 valence electrons. The van der Waals surface area contributed by atoms with Gasteiger partial charge in [-0.3, -0.25) is 19.6 Å². The van der Waals surface area contributed by atoms with Crippen LogP contribution >= 0.6 is 0 Å². The normalized spacial score (nSPS) is 13.3. The minimum atomic E-state index is -0.245. The fourth-order valence-corrected chi connectivity index (χ4v) is 3.37. The molecule has 0 atom stereocenters. The number of carbonyl (C=O) groups excluding carboxylic acids is 2. The van der Waals surface area contributed by atoms with E-state index in [9.17, 15) is 14.9 Å². The second-order valence-corrected chi connectivity index (χ2v) is 7.22. The first kappa shape index (κ1) is 23.2. The fourth-order valence-electron chi connectivity index (χ4n) is 3.37. The molecule has 3 rings (SSSR count). The zero-order chi connectivity index (χ0) is 21.9. The highest BCUT2D eigenvalue weighted by molar-refractivity contribution is 6.20. The summed E-state index contributed by atoms with van der Waals surface area (Å²) >= 11 is 0. The third-order valence-corrected chi connectivity index (χ3v) is 4.91. The number of carbonyl (C=O) groups is 2. The molecule has 0 saturated carbocycles. The number of ketones is 2. The Kier molecular flexibility index (Phi) is 9.08. The SMILES string of the molecule is CCCC(=O)/C(C#N)=C1\c2cccnc2C(=O)c2cccnc21.CCCCCCC. The lowest BCUT2D eigenvalue weighted by Gasteiger charge is -2.20. The monoisotopic (exact) mass is 403 g/mol. The van der Waals surface area contributed by atoms with Crippen LogP contribution in [0.15, 0.2) is 42.2 Å². The van der Waals surface area contributed by atoms with Gasteiger partial charge in [-0.1, -0.05) is 58.9 Å². The number of pyridine rings is 2. The quantitative estimate of drug-likeness (QED) is 0.287. The number of rotatable bonds is 7. The van der Waals surface area contributed by atoms with E-state index in [2.05, 4.69) is 23.8 Å². The second-order valence-electron chi connectivity index (χ2n) is 7.22. The van der Waals surface area contributed by atoms with Crippen LogP contribution in [0.5, 0.6) is 0 Å². The lowest BCUT2D eigenvalue weighted by molar-refractivity contribution is -0.115. The molecule has 0 aromatic carbocycles. The molecule has 0 spiro atoms. The maximum absolute atomic E-state index is 12.6. The first-order valence-corrected chi connectivity index (χ1v) is 10.7. The minimum absolute atomic E-state index is 0.0357. The number of fused-ring (bicyclic) bond motifs is 2. The van der Waals surface area contributed by atoms with Gasteiger partial charge < -0.3 is 0 Å². The number of hydrogen-bond acceptors (Lipinski definition) is 5. The molecule has 0 aliphatic heterocycles. The summed E-state index contributed by atoms with van der Waals surface area (Å²) in [5.41, 5.74) is 1.92. The van der Waals surface area contributed by atoms with E-state index in [1.807, 2.05) is 13.0 Å². The van der Waals surface area contributed by atoms with E-state index < -0.39 is 0 Å². The Bertz CT molecular complexity index is 915. The summed E-state index contributed by atoms with van der Waals surface area (Å²) in [6, 6.07) is 8.68. The summed E-state index contributed by atoms with van der Waals surface area (Å²) in [6.07, 6.45) is 11.0. The van der Waals surface area contributed by atoms with Gasteiger partial charge in [0, 0.05) is 30.0 Å². The number of unbranched alkanes of at least 4 members (excludes halogenated alkanes) is 4. The van der Waals surface area contributed by atoms with Crippen LogP contribution in [-0.4, -0.2) is 21.5 Å². The molecule has 1 aliphatic rings. The van der Waals surface area contributed by atoms with E-state index in [0.717, 1.165) is 0 Å². The molecule has 2 heterocycles. The molecule has 30 heavy (non-hydrogen) atoms. The van der Waals surface area contributed by atoms with Crippen molar-refractivity contribution < 1.29 is 9.59 Å². The highest BCUT2D eigenvalue weighted by Gasteiger charge is 2.32. The summed E-state index contributed by atoms with van der Waals surface area (Å²) in [7, 11) is 0. The Balaban J connectivity index is 0.000000396. The van der Waals surface area contributed by atoms with Crippen LogP contribution in [0, 0.1) is 11.3 Å². The molecule has 0 bridgehead atoms. The van der Waals surface area contributed by atoms with Gasteiger partial charge in [-0.2, -0.15) is 5.26 Å². The molecule has 1 aliphatic carbocycles. The van der Waals surface area contributed by atoms with Gasteiger partial charge in [0.1, 0.15) is 17.3 Å². The van der Waals surface area contributed by atoms with Crippen molar-refractivity contribution >= 4 is 17.1 Å². The summed E-state index contributed by atoms with van der Waals surface area (Å²) in [5.74, 6) is -0.488. The molecular weight excluding hydrogens is 374 g/mol. The Morgan fingerprint density at radius 1 is 0.900 bits per heavy atom. The highest BCUT2D eigenvalue weighted by atomic mass is 16.1. The van der Waals surface area contributed by atoms with E-state index in [1.165, 1.54) is 38.3 Å². The van der Waals surface area contributed by atoms with Crippen molar-refractivity contribution in [2.24, 2.45) is 0 Å². The van der Waals surface area contributed by atoms with Gasteiger partial charge in [0.2, 0.25) is 5.78 Å². The highest BCUT2D eigenvalue weighted by Crippen LogP contribution is 2.36. The average Bonchev–Trinajstić information content (AvgIpc) is 2.77. The smallest absolute Gasteiger partial charge is 0.214 e. The zero-order valence-corrected chi connectivity index (χ0v) is 18.1. The molecule has 0 unspecified atom stereocenters. The third-order valence-electron chi connectivity index (χ3n) is 4.91. The number of allylic oxidation sites excluding steroid dienone is 1. The van der Waals surface area contributed by atoms with Crippen molar-refractivity contribution in [3.63, 3.8) is 0 Å². The van der Waals surface area contributed by atoms with Crippen LogP contribution in [0.3, 0.4) is 0 Å². The Morgan fingerprint density at radius 2 is 1.50 bits per heavy atom. The van der Waals surface area contributed by atoms with Crippen molar-refractivity contribution in [3.8, 4) is 6.07 Å². The molecule has 5 nitrogen and oxygen atoms in total. The summed E-state index contributed by atoms with van der Waals surface area (Å²) in [4.78, 5) is 33.3. The molecular formula is C25H29N3O2. The van der Waals surface area contributed by atoms with Crippen LogP contribution < -0.4 is 0 Å². The van der Waals surface area contributed by atoms with Crippen LogP contribution in [0.2, 0.25) is 0 Å². The van der Waals surface area contributed by atoms with Gasteiger partial charge in [0.25, 0.3) is 0 Å². The fraction of sp³-hybridized carbons (Fsp3) is 0.400. The topological polar surface area (TPSA) is 83.7 Å². The van der Waals surface area contributed by atoms with E-state index >= 15 is 0 Å². The third kappa shape index (κ3) is 5.27. The van der Waals surface area contributed by atoms with Gasteiger partial charge in [-0.25, -0.2) is 0 Å². The molecule has 0 radical (unpaired) electrons. The van der Waals surface area contributed by atoms with Gasteiger partial charge >= 0.3 is 0 Å². The molecule has 2 aromatic heterocycles. The zero-order valence-electron chi connectivity index (χ0n) is 18.1. The predicted octanol–water partition coefficient (Wildman–Crippen LogP) is 5.69. The van der Waals surface area contributed by atoms with Crippen LogP contribution in [0.1, 0.15) is 93.0 Å². The number of nitriles is 1. The lowest BCUT2D eigenvalue weighted by Crippen LogP contribution is -2.19. The van der Waals surface area contributed by atoms with E-state index in [-0.39, 0.29) is 29.3 Å². The second kappa shape index (κ2) is 11.8. The predicted molar refractivity (Wildman–Crippen MR) is 118 cm³/mol. The van der Waals surface area contributed by atoms with Crippen LogP contribution in [-0.2, 0) is 4.79 Å². The number of aromatic nitrogens is 2. The van der Waals surface area contributed by atoms with Gasteiger partial charge in [-0.05, 0) is 24.6 Å².